The van der Waals surface area contributed by atoms with Gasteiger partial charge in [-0.1, -0.05) is 27.0 Å². The molecule has 10 heterocycles. The molecule has 10 saturated heterocycles. The number of nitrogens with two attached hydrogens (primary N) is 1. The van der Waals surface area contributed by atoms with Crippen LogP contribution < -0.4 is 5.73 Å². The van der Waals surface area contributed by atoms with Crippen LogP contribution in [0.4, 0.5) is 0 Å². The molecule has 0 aromatic heterocycles. The van der Waals surface area contributed by atoms with E-state index in [0.29, 0.717) is 44.6 Å². The summed E-state index contributed by atoms with van der Waals surface area (Å²) in [6.07, 6.45) is 7.80. The molecule has 1 spiro atoms. The van der Waals surface area contributed by atoms with Gasteiger partial charge in [-0.3, -0.25) is 4.79 Å². The third-order valence-corrected chi connectivity index (χ3v) is 14.5. The summed E-state index contributed by atoms with van der Waals surface area (Å²) in [6, 6.07) is 0. The fraction of sp³-hybridized carbons (Fsp3) is 0.878. The van der Waals surface area contributed by atoms with Gasteiger partial charge in [-0.15, -0.1) is 0 Å². The molecule has 0 saturated carbocycles. The van der Waals surface area contributed by atoms with Crippen LogP contribution in [0.15, 0.2) is 24.3 Å². The Morgan fingerprint density at radius 3 is 2.35 bits per heavy atom. The van der Waals surface area contributed by atoms with Gasteiger partial charge in [0.05, 0.1) is 61.0 Å². The molecule has 0 amide bonds. The van der Waals surface area contributed by atoms with Crippen molar-refractivity contribution in [1.82, 2.24) is 0 Å². The minimum atomic E-state index is -0.757. The summed E-state index contributed by atoms with van der Waals surface area (Å²) in [5.41, 5.74) is 8.33. The zero-order valence-corrected chi connectivity index (χ0v) is 31.4. The first kappa shape index (κ1) is 36.4. The second-order valence-corrected chi connectivity index (χ2v) is 17.8. The second kappa shape index (κ2) is 14.4. The van der Waals surface area contributed by atoms with Crippen molar-refractivity contribution >= 4 is 5.78 Å². The number of rotatable bonds is 4. The first-order valence-corrected chi connectivity index (χ1v) is 20.5. The highest BCUT2D eigenvalue weighted by molar-refractivity contribution is 5.79. The lowest BCUT2D eigenvalue weighted by molar-refractivity contribution is -0.292. The molecule has 10 aliphatic rings. The topological polar surface area (TPSA) is 126 Å². The Kier molecular flexibility index (Phi) is 10.0. The van der Waals surface area contributed by atoms with Crippen LogP contribution >= 0.6 is 0 Å². The monoisotopic (exact) mass is 727 g/mol. The van der Waals surface area contributed by atoms with E-state index in [1.165, 1.54) is 0 Å². The molecule has 2 N–H and O–H groups in total. The molecule has 12 bridgehead atoms. The number of ketones is 1. The van der Waals surface area contributed by atoms with Gasteiger partial charge in [-0.05, 0) is 73.8 Å². The molecular weight excluding hydrogens is 666 g/mol. The zero-order chi connectivity index (χ0) is 35.9. The Morgan fingerprint density at radius 2 is 1.52 bits per heavy atom. The lowest BCUT2D eigenvalue weighted by atomic mass is 9.78. The Bertz CT molecular complexity index is 1370. The summed E-state index contributed by atoms with van der Waals surface area (Å²) in [5.74, 6) is -0.0221. The summed E-state index contributed by atoms with van der Waals surface area (Å²) in [7, 11) is 1.70. The molecule has 1 unspecified atom stereocenters. The van der Waals surface area contributed by atoms with E-state index in [1.54, 1.807) is 7.11 Å². The van der Waals surface area contributed by atoms with Crippen LogP contribution in [-0.4, -0.2) is 117 Å². The number of carbonyl (C=O) groups excluding carboxylic acids is 1. The van der Waals surface area contributed by atoms with E-state index in [9.17, 15) is 4.79 Å². The molecule has 0 radical (unpaired) electrons. The average molecular weight is 728 g/mol. The second-order valence-electron chi connectivity index (χ2n) is 17.8. The molecule has 11 heteroatoms. The Hall–Kier alpha value is -1.25. The van der Waals surface area contributed by atoms with Gasteiger partial charge in [-0.25, -0.2) is 0 Å². The Balaban J connectivity index is 0.985. The highest BCUT2D eigenvalue weighted by Crippen LogP contribution is 2.54. The van der Waals surface area contributed by atoms with E-state index in [2.05, 4.69) is 27.0 Å². The van der Waals surface area contributed by atoms with Gasteiger partial charge in [-0.2, -0.15) is 0 Å². The van der Waals surface area contributed by atoms with Crippen molar-refractivity contribution in [2.45, 2.75) is 195 Å². The van der Waals surface area contributed by atoms with Crippen molar-refractivity contribution in [3.63, 3.8) is 0 Å². The van der Waals surface area contributed by atoms with Crippen LogP contribution in [0.25, 0.3) is 0 Å². The summed E-state index contributed by atoms with van der Waals surface area (Å²) < 4.78 is 60.0. The predicted octanol–water partition coefficient (Wildman–Crippen LogP) is 4.71. The van der Waals surface area contributed by atoms with Gasteiger partial charge < -0.3 is 48.4 Å². The van der Waals surface area contributed by atoms with Crippen LogP contribution in [0.5, 0.6) is 0 Å². The van der Waals surface area contributed by atoms with Crippen LogP contribution in [0.2, 0.25) is 0 Å². The molecule has 52 heavy (non-hydrogen) atoms. The van der Waals surface area contributed by atoms with Crippen molar-refractivity contribution in [3.05, 3.63) is 24.3 Å². The molecule has 0 aromatic carbocycles. The minimum Gasteiger partial charge on any atom is -0.380 e. The molecular formula is C41H61NO10. The van der Waals surface area contributed by atoms with Gasteiger partial charge in [0.1, 0.15) is 36.3 Å². The van der Waals surface area contributed by atoms with E-state index in [1.807, 2.05) is 0 Å². The lowest BCUT2D eigenvalue weighted by Crippen LogP contribution is -2.61. The zero-order valence-electron chi connectivity index (χ0n) is 31.4. The number of hydrogen-bond donors (Lipinski definition) is 1. The molecule has 10 aliphatic heterocycles. The van der Waals surface area contributed by atoms with Gasteiger partial charge in [0, 0.05) is 52.2 Å². The van der Waals surface area contributed by atoms with Gasteiger partial charge in [0.2, 0.25) is 0 Å². The number of methoxy groups -OCH3 is 1. The lowest BCUT2D eigenvalue weighted by Gasteiger charge is -2.47. The number of carbonyl (C=O) groups is 1. The quantitative estimate of drug-likeness (QED) is 0.405. The SMILES string of the molecule is C=C1C[C@@H]2CC[C@@]34C[C@H]5OC6[C@@H](O[C@H]7CC[C@H](CC(=O)C[C@@H]8[C@@H](C)[C@@H](C[C@@H](CN)OC)O[C@H]8C[C@H]8O[C@@H](CC[C@@H]1O2)C[C@@H](C)C8=C)O[C@@H]7[C@@H]6O3)[C@H]5O4. The van der Waals surface area contributed by atoms with Gasteiger partial charge in [0.25, 0.3) is 0 Å². The summed E-state index contributed by atoms with van der Waals surface area (Å²) in [5, 5.41) is 0. The third kappa shape index (κ3) is 6.60. The highest BCUT2D eigenvalue weighted by atomic mass is 16.8. The third-order valence-electron chi connectivity index (χ3n) is 14.5. The normalized spacial score (nSPS) is 52.4. The molecule has 11 nitrogen and oxygen atoms in total. The largest absolute Gasteiger partial charge is 0.380 e. The van der Waals surface area contributed by atoms with Crippen LogP contribution in [-0.2, 0) is 47.4 Å². The molecule has 19 atom stereocenters. The first-order chi connectivity index (χ1) is 25.1. The Morgan fingerprint density at radius 1 is 0.769 bits per heavy atom. The number of fused-ring (bicyclic) bond motifs is 6. The summed E-state index contributed by atoms with van der Waals surface area (Å²) in [4.78, 5) is 14.1. The van der Waals surface area contributed by atoms with Crippen LogP contribution in [0.3, 0.4) is 0 Å². The molecule has 10 fully saturated rings. The molecule has 290 valence electrons. The van der Waals surface area contributed by atoms with E-state index in [0.717, 1.165) is 62.5 Å². The number of ether oxygens (including phenoxy) is 9. The van der Waals surface area contributed by atoms with Gasteiger partial charge >= 0.3 is 0 Å². The van der Waals surface area contributed by atoms with E-state index in [4.69, 9.17) is 48.4 Å². The smallest absolute Gasteiger partial charge is 0.172 e. The predicted molar refractivity (Wildman–Crippen MR) is 189 cm³/mol. The van der Waals surface area contributed by atoms with Crippen molar-refractivity contribution in [3.8, 4) is 0 Å². The number of Topliss-reactive ketones (excluding diaryl/α,β-unsaturated/α-hetero) is 1. The minimum absolute atomic E-state index is 0.0127. The molecule has 0 aliphatic carbocycles. The summed E-state index contributed by atoms with van der Waals surface area (Å²) in [6.45, 7) is 13.9. The van der Waals surface area contributed by atoms with Crippen molar-refractivity contribution in [2.24, 2.45) is 23.5 Å². The summed E-state index contributed by atoms with van der Waals surface area (Å²) >= 11 is 0. The van der Waals surface area contributed by atoms with Gasteiger partial charge in [0.15, 0.2) is 5.79 Å². The van der Waals surface area contributed by atoms with Crippen molar-refractivity contribution in [2.75, 3.05) is 13.7 Å². The maximum absolute atomic E-state index is 14.1. The molecule has 10 rings (SSSR count). The van der Waals surface area contributed by atoms with Crippen molar-refractivity contribution in [1.29, 1.82) is 0 Å². The highest BCUT2D eigenvalue weighted by Gasteiger charge is 2.68. The Labute approximate surface area is 308 Å². The maximum atomic E-state index is 14.1. The van der Waals surface area contributed by atoms with Crippen LogP contribution in [0.1, 0.15) is 97.3 Å². The van der Waals surface area contributed by atoms with Crippen LogP contribution in [0, 0.1) is 17.8 Å². The van der Waals surface area contributed by atoms with Crippen molar-refractivity contribution < 1.29 is 47.4 Å². The standard InChI is InChI=1S/C41H61NO10/c1-20-12-25-6-8-30-21(2)13-27(45-30)10-11-41-18-35-37(51-41)38-39(50-35)40(52-41)36-31(49-38)9-7-26(47-36)14-24(43)15-29-23(4)32(16-28(19-42)44-5)48-34(29)17-33(46-25)22(20)3/h20,23,25-40H,2-3,6-19,42H2,1,4-5H3/t20-,23-,25+,26-,27+,28+,29-,30+,31+,32-,33-,34+,35-,36+,37+,38+,39?,40+,41+/m1/s1. The average Bonchev–Trinajstić information content (AvgIpc) is 3.79. The number of hydrogen-bond acceptors (Lipinski definition) is 11. The fourth-order valence-electron chi connectivity index (χ4n) is 11.5. The van der Waals surface area contributed by atoms with E-state index < -0.39 is 5.79 Å². The fourth-order valence-corrected chi connectivity index (χ4v) is 11.5. The van der Waals surface area contributed by atoms with E-state index in [-0.39, 0.29) is 109 Å². The molecule has 0 aromatic rings. The first-order valence-electron chi connectivity index (χ1n) is 20.5. The van der Waals surface area contributed by atoms with E-state index >= 15 is 0 Å². The maximum Gasteiger partial charge on any atom is 0.172 e.